The molecule has 3 heteroatoms. The van der Waals surface area contributed by atoms with Crippen LogP contribution in [0.25, 0.3) is 0 Å². The van der Waals surface area contributed by atoms with Crippen molar-refractivity contribution in [2.45, 2.75) is 59.4 Å². The third-order valence-corrected chi connectivity index (χ3v) is 3.69. The summed E-state index contributed by atoms with van der Waals surface area (Å²) in [5.74, 6) is 2.68. The van der Waals surface area contributed by atoms with Gasteiger partial charge in [-0.3, -0.25) is 0 Å². The van der Waals surface area contributed by atoms with Crippen LogP contribution in [0.1, 0.15) is 58.2 Å². The Labute approximate surface area is 111 Å². The molecule has 1 fully saturated rings. The molecule has 1 aliphatic rings. The molecule has 1 atom stereocenters. The molecule has 0 saturated heterocycles. The number of hydrogen-bond donors (Lipinski definition) is 1. The Morgan fingerprint density at radius 3 is 2.72 bits per heavy atom. The van der Waals surface area contributed by atoms with E-state index in [-0.39, 0.29) is 0 Å². The summed E-state index contributed by atoms with van der Waals surface area (Å²) in [7, 11) is 0. The van der Waals surface area contributed by atoms with Crippen LogP contribution in [-0.2, 0) is 0 Å². The molecule has 2 rings (SSSR count). The number of rotatable bonds is 7. The van der Waals surface area contributed by atoms with Crippen LogP contribution in [-0.4, -0.2) is 16.1 Å². The first kappa shape index (κ1) is 13.4. The molecule has 1 aromatic heterocycles. The van der Waals surface area contributed by atoms with Crippen molar-refractivity contribution in [2.24, 2.45) is 11.8 Å². The van der Waals surface area contributed by atoms with Crippen LogP contribution in [0.4, 0.5) is 5.95 Å². The zero-order valence-corrected chi connectivity index (χ0v) is 12.2. The third-order valence-electron chi connectivity index (χ3n) is 3.69. The molecule has 18 heavy (non-hydrogen) atoms. The maximum atomic E-state index is 4.63. The first-order valence-electron chi connectivity index (χ1n) is 7.39. The van der Waals surface area contributed by atoms with E-state index in [1.807, 2.05) is 0 Å². The minimum atomic E-state index is 0.619. The number of aryl methyl sites for hydroxylation is 1. The van der Waals surface area contributed by atoms with Crippen molar-refractivity contribution in [3.8, 4) is 0 Å². The van der Waals surface area contributed by atoms with E-state index in [1.165, 1.54) is 25.7 Å². The molecule has 1 aromatic rings. The van der Waals surface area contributed by atoms with Gasteiger partial charge in [-0.25, -0.2) is 4.98 Å². The summed E-state index contributed by atoms with van der Waals surface area (Å²) in [5, 5.41) is 3.49. The van der Waals surface area contributed by atoms with Crippen LogP contribution in [0.5, 0.6) is 0 Å². The van der Waals surface area contributed by atoms with Crippen molar-refractivity contribution in [3.05, 3.63) is 11.9 Å². The van der Waals surface area contributed by atoms with E-state index >= 15 is 0 Å². The van der Waals surface area contributed by atoms with Crippen molar-refractivity contribution in [3.63, 3.8) is 0 Å². The summed E-state index contributed by atoms with van der Waals surface area (Å²) in [6.07, 6.45) is 7.59. The number of hydrogen-bond acceptors (Lipinski definition) is 2. The number of aromatic nitrogens is 2. The summed E-state index contributed by atoms with van der Waals surface area (Å²) in [6.45, 7) is 9.83. The van der Waals surface area contributed by atoms with Gasteiger partial charge in [0.25, 0.3) is 0 Å². The van der Waals surface area contributed by atoms with Crippen LogP contribution < -0.4 is 5.32 Å². The van der Waals surface area contributed by atoms with Gasteiger partial charge in [-0.15, -0.1) is 0 Å². The van der Waals surface area contributed by atoms with Gasteiger partial charge in [-0.1, -0.05) is 33.6 Å². The summed E-state index contributed by atoms with van der Waals surface area (Å²) >= 11 is 0. The average molecular weight is 249 g/mol. The minimum absolute atomic E-state index is 0.619. The fourth-order valence-corrected chi connectivity index (χ4v) is 2.44. The van der Waals surface area contributed by atoms with Crippen LogP contribution >= 0.6 is 0 Å². The fourth-order valence-electron chi connectivity index (χ4n) is 2.44. The van der Waals surface area contributed by atoms with Crippen LogP contribution in [0.2, 0.25) is 0 Å². The summed E-state index contributed by atoms with van der Waals surface area (Å²) in [4.78, 5) is 4.63. The molecule has 3 nitrogen and oxygen atoms in total. The molecule has 1 aliphatic carbocycles. The lowest BCUT2D eigenvalue weighted by atomic mass is 10.1. The molecular formula is C15H27N3. The predicted molar refractivity (Wildman–Crippen MR) is 77.0 cm³/mol. The van der Waals surface area contributed by atoms with E-state index < -0.39 is 0 Å². The Hall–Kier alpha value is -0.990. The quantitative estimate of drug-likeness (QED) is 0.791. The highest BCUT2D eigenvalue weighted by atomic mass is 15.2. The summed E-state index contributed by atoms with van der Waals surface area (Å²) in [5.41, 5.74) is 1.12. The molecule has 102 valence electrons. The number of anilines is 1. The first-order valence-corrected chi connectivity index (χ1v) is 7.39. The second-order valence-electron chi connectivity index (χ2n) is 6.13. The van der Waals surface area contributed by atoms with E-state index in [9.17, 15) is 0 Å². The standard InChI is InChI=1S/C15H27N3/c1-5-14(8-13-6-7-13)18-10-12(4)17-15(18)16-9-11(2)3/h10-11,13-14H,5-9H2,1-4H3,(H,16,17). The fraction of sp³-hybridized carbons (Fsp3) is 0.800. The van der Waals surface area contributed by atoms with Gasteiger partial charge in [-0.05, 0) is 31.6 Å². The smallest absolute Gasteiger partial charge is 0.203 e. The maximum absolute atomic E-state index is 4.63. The van der Waals surface area contributed by atoms with E-state index in [2.05, 4.69) is 48.8 Å². The van der Waals surface area contributed by atoms with E-state index in [0.717, 1.165) is 24.1 Å². The van der Waals surface area contributed by atoms with Gasteiger partial charge in [0.1, 0.15) is 0 Å². The third kappa shape index (κ3) is 3.50. The molecular weight excluding hydrogens is 222 g/mol. The lowest BCUT2D eigenvalue weighted by Gasteiger charge is -2.20. The second-order valence-corrected chi connectivity index (χ2v) is 6.13. The van der Waals surface area contributed by atoms with Gasteiger partial charge in [0.2, 0.25) is 5.95 Å². The SMILES string of the molecule is CCC(CC1CC1)n1cc(C)nc1NCC(C)C. The number of nitrogens with zero attached hydrogens (tertiary/aromatic N) is 2. The van der Waals surface area contributed by atoms with Gasteiger partial charge in [0.05, 0.1) is 5.69 Å². The minimum Gasteiger partial charge on any atom is -0.355 e. The molecule has 0 spiro atoms. The van der Waals surface area contributed by atoms with E-state index in [0.29, 0.717) is 12.0 Å². The highest BCUT2D eigenvalue weighted by Gasteiger charge is 2.26. The monoisotopic (exact) mass is 249 g/mol. The molecule has 1 N–H and O–H groups in total. The first-order chi connectivity index (χ1) is 8.60. The Bertz CT molecular complexity index is 377. The zero-order chi connectivity index (χ0) is 13.1. The molecule has 1 unspecified atom stereocenters. The van der Waals surface area contributed by atoms with Crippen molar-refractivity contribution in [1.82, 2.24) is 9.55 Å². The van der Waals surface area contributed by atoms with E-state index in [1.54, 1.807) is 0 Å². The maximum Gasteiger partial charge on any atom is 0.203 e. The average Bonchev–Trinajstić information content (AvgIpc) is 3.06. The van der Waals surface area contributed by atoms with Crippen molar-refractivity contribution in [2.75, 3.05) is 11.9 Å². The lowest BCUT2D eigenvalue weighted by Crippen LogP contribution is -2.16. The summed E-state index contributed by atoms with van der Waals surface area (Å²) < 4.78 is 2.37. The van der Waals surface area contributed by atoms with Crippen LogP contribution in [0.3, 0.4) is 0 Å². The van der Waals surface area contributed by atoms with Crippen molar-refractivity contribution < 1.29 is 0 Å². The highest BCUT2D eigenvalue weighted by molar-refractivity contribution is 5.29. The van der Waals surface area contributed by atoms with E-state index in [4.69, 9.17) is 0 Å². The highest BCUT2D eigenvalue weighted by Crippen LogP contribution is 2.38. The van der Waals surface area contributed by atoms with Crippen LogP contribution in [0.15, 0.2) is 6.20 Å². The summed E-state index contributed by atoms with van der Waals surface area (Å²) in [6, 6.07) is 0.619. The van der Waals surface area contributed by atoms with Gasteiger partial charge >= 0.3 is 0 Å². The Morgan fingerprint density at radius 1 is 1.44 bits per heavy atom. The Kier molecular flexibility index (Phi) is 4.31. The second kappa shape index (κ2) is 5.77. The number of imidazole rings is 1. The molecule has 1 heterocycles. The lowest BCUT2D eigenvalue weighted by molar-refractivity contribution is 0.431. The molecule has 0 radical (unpaired) electrons. The molecule has 1 saturated carbocycles. The van der Waals surface area contributed by atoms with Gasteiger partial charge < -0.3 is 9.88 Å². The van der Waals surface area contributed by atoms with Crippen LogP contribution in [0, 0.1) is 18.8 Å². The topological polar surface area (TPSA) is 29.9 Å². The Morgan fingerprint density at radius 2 is 2.17 bits per heavy atom. The van der Waals surface area contributed by atoms with Gasteiger partial charge in [0.15, 0.2) is 0 Å². The van der Waals surface area contributed by atoms with Gasteiger partial charge in [-0.2, -0.15) is 0 Å². The molecule has 0 aromatic carbocycles. The van der Waals surface area contributed by atoms with Crippen molar-refractivity contribution >= 4 is 5.95 Å². The normalized spacial score (nSPS) is 17.2. The Balaban J connectivity index is 2.08. The zero-order valence-electron chi connectivity index (χ0n) is 12.2. The van der Waals surface area contributed by atoms with Gasteiger partial charge in [0, 0.05) is 18.8 Å². The molecule has 0 aliphatic heterocycles. The largest absolute Gasteiger partial charge is 0.355 e. The molecule has 0 bridgehead atoms. The number of nitrogens with one attached hydrogen (secondary N) is 1. The van der Waals surface area contributed by atoms with Crippen molar-refractivity contribution in [1.29, 1.82) is 0 Å². The predicted octanol–water partition coefficient (Wildman–Crippen LogP) is 4.01. The molecule has 0 amide bonds.